The van der Waals surface area contributed by atoms with Crippen molar-refractivity contribution >= 4 is 93.0 Å². The van der Waals surface area contributed by atoms with Crippen LogP contribution in [-0.4, -0.2) is 117 Å². The molecule has 0 bridgehead atoms. The maximum absolute atomic E-state index is 16.1. The number of fused-ring (bicyclic) bond motifs is 6. The Bertz CT molecular complexity index is 3610. The first-order valence-corrected chi connectivity index (χ1v) is 32.4. The van der Waals surface area contributed by atoms with Crippen LogP contribution < -0.4 is 21.7 Å². The van der Waals surface area contributed by atoms with Crippen molar-refractivity contribution in [1.82, 2.24) is 25.1 Å². The number of carbonyl (C=O) groups excluding carboxylic acids is 3. The van der Waals surface area contributed by atoms with E-state index in [9.17, 15) is 24.3 Å². The van der Waals surface area contributed by atoms with Gasteiger partial charge in [-0.2, -0.15) is 10.2 Å². The van der Waals surface area contributed by atoms with Crippen LogP contribution in [0.4, 0.5) is 20.2 Å². The molecule has 1 unspecified atom stereocenters. The summed E-state index contributed by atoms with van der Waals surface area (Å²) in [7, 11) is 0. The number of aromatic nitrogens is 2. The van der Waals surface area contributed by atoms with Crippen LogP contribution in [0.5, 0.6) is 0 Å². The number of aliphatic carboxylic acids is 1. The van der Waals surface area contributed by atoms with Gasteiger partial charge in [0.05, 0.1) is 5.41 Å². The number of halogens is 6. The summed E-state index contributed by atoms with van der Waals surface area (Å²) in [5.41, 5.74) is 4.98. The van der Waals surface area contributed by atoms with E-state index in [0.717, 1.165) is 108 Å². The lowest BCUT2D eigenvalue weighted by Crippen LogP contribution is -2.61. The Morgan fingerprint density at radius 2 is 1.12 bits per heavy atom. The number of carboxylic acids is 1. The fourth-order valence-corrected chi connectivity index (χ4v) is 17.6. The van der Waals surface area contributed by atoms with Crippen molar-refractivity contribution in [2.45, 2.75) is 158 Å². The standard InChI is InChI=1S/C33H37Cl2FN6O2.C24H24Cl2FN3O3.C7H13N5/c1-31(2)8-10-32(11-9-31)17-22(25(43)15-19-6-13-42(14-7-19)26-18-38-41-40-26)27(21-5-12-37-29(35)28(21)36)33(32)23-4-3-20(34)16-24(23)39-30(33)44;1-22(2)6-8-23(9-7-22)24(14-4-3-12(25)11-15(14)29-21(24)33)16(18(30-23)20(31)32)13-5-10-28-19(26)17(13)27;8-6-1-3-12(4-2-6)7-5-9-11-10-7/h3-5,12,16,19,22,27H,6-11,13-15,17-18H2,1-2H3,(H,39,44);3-5,10-11,16,18,30H,6-9H2,1-2H3,(H,29,33)(H,31,32);6H,1-5,8H2/t22-,27-,33+;16-,18+,24?;/m00./s1. The number of pyridine rings is 2. The summed E-state index contributed by atoms with van der Waals surface area (Å²) in [6.07, 6.45) is 13.6. The number of amidine groups is 2. The Hall–Kier alpha value is -6.10. The molecular formula is C64H74Cl4F2N14O5. The number of hydrogen-bond acceptors (Lipinski definition) is 16. The van der Waals surface area contributed by atoms with Gasteiger partial charge >= 0.3 is 5.97 Å². The predicted molar refractivity (Wildman–Crippen MR) is 337 cm³/mol. The number of piperidine rings is 2. The number of amides is 2. The zero-order valence-corrected chi connectivity index (χ0v) is 53.3. The third kappa shape index (κ3) is 11.0. The molecule has 19 nitrogen and oxygen atoms in total. The molecule has 7 aliphatic heterocycles. The average molecular weight is 1300 g/mol. The van der Waals surface area contributed by atoms with E-state index in [-0.39, 0.29) is 50.2 Å². The second-order valence-corrected chi connectivity index (χ2v) is 29.2. The Kier molecular flexibility index (Phi) is 17.1. The molecule has 14 rings (SSSR count). The van der Waals surface area contributed by atoms with Gasteiger partial charge in [0, 0.05) is 95.7 Å². The molecule has 2 amide bonds. The molecule has 10 aliphatic rings. The highest BCUT2D eigenvalue weighted by Gasteiger charge is 2.74. The summed E-state index contributed by atoms with van der Waals surface area (Å²) in [6.45, 7) is 13.6. The van der Waals surface area contributed by atoms with E-state index in [1.54, 1.807) is 36.4 Å². The van der Waals surface area contributed by atoms with Crippen LogP contribution in [0.15, 0.2) is 91.8 Å². The monoisotopic (exact) mass is 1300 g/mol. The number of likely N-dealkylation sites (tertiary alicyclic amines) is 2. The van der Waals surface area contributed by atoms with Crippen LogP contribution >= 0.6 is 46.4 Å². The Labute approximate surface area is 535 Å². The van der Waals surface area contributed by atoms with E-state index >= 15 is 8.78 Å². The molecule has 3 saturated heterocycles. The molecular weight excluding hydrogens is 1220 g/mol. The molecule has 3 aliphatic carbocycles. The maximum atomic E-state index is 16.1. The topological polar surface area (TPSA) is 257 Å². The predicted octanol–water partition coefficient (Wildman–Crippen LogP) is 12.6. The number of carboxylic acid groups (broad SMARTS) is 1. The van der Waals surface area contributed by atoms with Gasteiger partial charge in [-0.3, -0.25) is 24.5 Å². The number of anilines is 2. The van der Waals surface area contributed by atoms with Gasteiger partial charge in [0.25, 0.3) is 0 Å². The van der Waals surface area contributed by atoms with E-state index < -0.39 is 63.2 Å². The minimum Gasteiger partial charge on any atom is -0.480 e. The third-order valence-corrected chi connectivity index (χ3v) is 22.7. The van der Waals surface area contributed by atoms with Gasteiger partial charge in [-0.15, -0.1) is 10.2 Å². The van der Waals surface area contributed by atoms with Crippen LogP contribution in [0, 0.1) is 39.7 Å². The molecule has 6 atom stereocenters. The summed E-state index contributed by atoms with van der Waals surface area (Å²) in [5.74, 6) is -3.28. The highest BCUT2D eigenvalue weighted by atomic mass is 35.5. The molecule has 2 aromatic heterocycles. The Morgan fingerprint density at radius 1 is 0.652 bits per heavy atom. The van der Waals surface area contributed by atoms with Crippen molar-refractivity contribution < 1.29 is 33.1 Å². The summed E-state index contributed by atoms with van der Waals surface area (Å²) in [6, 6.07) is 12.8. The second kappa shape index (κ2) is 24.2. The quantitative estimate of drug-likeness (QED) is 0.113. The molecule has 4 spiro atoms. The third-order valence-electron chi connectivity index (χ3n) is 21.7. The summed E-state index contributed by atoms with van der Waals surface area (Å²) >= 11 is 24.9. The summed E-state index contributed by atoms with van der Waals surface area (Å²) in [5, 5.41) is 43.2. The summed E-state index contributed by atoms with van der Waals surface area (Å²) < 4.78 is 31.5. The number of rotatable bonds is 6. The van der Waals surface area contributed by atoms with Crippen LogP contribution in [-0.2, 0) is 30.0 Å². The number of nitrogens with zero attached hydrogens (tertiary/aromatic N) is 10. The molecule has 25 heteroatoms. The molecule has 6 fully saturated rings. The van der Waals surface area contributed by atoms with Crippen LogP contribution in [0.2, 0.25) is 20.4 Å². The Balaban J connectivity index is 0.000000149. The first kappa shape index (κ1) is 63.1. The minimum absolute atomic E-state index is 0.0497. The number of nitrogens with one attached hydrogen (secondary N) is 3. The van der Waals surface area contributed by atoms with Gasteiger partial charge in [-0.1, -0.05) is 86.2 Å². The van der Waals surface area contributed by atoms with Crippen molar-refractivity contribution in [2.24, 2.45) is 64.7 Å². The lowest BCUT2D eigenvalue weighted by Gasteiger charge is -2.51. The molecule has 9 heterocycles. The van der Waals surface area contributed by atoms with E-state index in [0.29, 0.717) is 77.4 Å². The van der Waals surface area contributed by atoms with Crippen molar-refractivity contribution in [3.63, 3.8) is 0 Å². The SMILES string of the molecule is CC1(C)CCC2(CC1)C[C@@H](C(=O)CC1CCN(C3=NN=NC3)CC1)[C@H](c1ccnc(Cl)c1F)[C@]21C(=O)Nc2cc(Cl)ccc21.CC1(C)CCC2(CC1)N[C@@H](C(=O)O)[C@H](c1ccnc(Cl)c1F)C21C(=O)Nc2cc(Cl)ccc21.NC1CCN(C2=NN=NC2)CC1. The van der Waals surface area contributed by atoms with Crippen LogP contribution in [0.25, 0.3) is 0 Å². The van der Waals surface area contributed by atoms with E-state index in [1.165, 1.54) is 18.5 Å². The number of hydrogen-bond donors (Lipinski definition) is 5. The zero-order chi connectivity index (χ0) is 63.0. The minimum atomic E-state index is -1.36. The van der Waals surface area contributed by atoms with Gasteiger partial charge in [-0.25, -0.2) is 18.7 Å². The van der Waals surface area contributed by atoms with E-state index in [1.807, 2.05) is 6.07 Å². The normalized spacial score (nSPS) is 28.5. The van der Waals surface area contributed by atoms with Crippen molar-refractivity contribution in [1.29, 1.82) is 0 Å². The van der Waals surface area contributed by atoms with Crippen molar-refractivity contribution in [3.05, 3.63) is 115 Å². The molecule has 2 aromatic carbocycles. The van der Waals surface area contributed by atoms with Gasteiger partial charge < -0.3 is 31.3 Å². The first-order valence-electron chi connectivity index (χ1n) is 30.9. The van der Waals surface area contributed by atoms with Crippen LogP contribution in [0.3, 0.4) is 0 Å². The number of ketones is 1. The van der Waals surface area contributed by atoms with Crippen LogP contribution in [0.1, 0.15) is 152 Å². The van der Waals surface area contributed by atoms with Crippen molar-refractivity contribution in [3.8, 4) is 0 Å². The molecule has 0 radical (unpaired) electrons. The second-order valence-electron chi connectivity index (χ2n) is 27.6. The number of Topliss-reactive ketones (excluding diaryl/α,β-unsaturated/α-hetero) is 1. The largest absolute Gasteiger partial charge is 0.480 e. The molecule has 3 saturated carbocycles. The fraction of sp³-hybridized carbons (Fsp3) is 0.562. The fourth-order valence-electron chi connectivity index (χ4n) is 16.9. The van der Waals surface area contributed by atoms with Gasteiger partial charge in [0.15, 0.2) is 33.6 Å². The molecule has 6 N–H and O–H groups in total. The van der Waals surface area contributed by atoms with E-state index in [4.69, 9.17) is 52.1 Å². The summed E-state index contributed by atoms with van der Waals surface area (Å²) in [4.78, 5) is 68.0. The maximum Gasteiger partial charge on any atom is 0.321 e. The lowest BCUT2D eigenvalue weighted by molar-refractivity contribution is -0.139. The van der Waals surface area contributed by atoms with E-state index in [2.05, 4.69) is 94.3 Å². The highest BCUT2D eigenvalue weighted by molar-refractivity contribution is 6.32. The smallest absolute Gasteiger partial charge is 0.321 e. The zero-order valence-electron chi connectivity index (χ0n) is 50.3. The molecule has 89 heavy (non-hydrogen) atoms. The number of benzene rings is 2. The van der Waals surface area contributed by atoms with Gasteiger partial charge in [0.1, 0.15) is 30.3 Å². The first-order chi connectivity index (χ1) is 42.4. The highest BCUT2D eigenvalue weighted by Crippen LogP contribution is 2.73. The van der Waals surface area contributed by atoms with Gasteiger partial charge in [0.2, 0.25) is 11.8 Å². The van der Waals surface area contributed by atoms with Gasteiger partial charge in [-0.05, 0) is 175 Å². The Morgan fingerprint density at radius 3 is 1.62 bits per heavy atom. The number of nitrogens with two attached hydrogens (primary N) is 1. The molecule has 4 aromatic rings. The number of carbonyl (C=O) groups is 4. The lowest BCUT2D eigenvalue weighted by atomic mass is 9.51. The average Bonchev–Trinajstić information content (AvgIpc) is 1.53. The van der Waals surface area contributed by atoms with Crippen molar-refractivity contribution in [2.75, 3.05) is 49.9 Å². The molecule has 472 valence electrons.